The zero-order valence-electron chi connectivity index (χ0n) is 8.47. The lowest BCUT2D eigenvalue weighted by molar-refractivity contribution is 0.0954. The van der Waals surface area contributed by atoms with Gasteiger partial charge in [-0.1, -0.05) is 6.08 Å². The maximum atomic E-state index is 11.6. The van der Waals surface area contributed by atoms with Crippen LogP contribution in [0.4, 0.5) is 0 Å². The summed E-state index contributed by atoms with van der Waals surface area (Å²) in [6.07, 6.45) is 1.64. The van der Waals surface area contributed by atoms with Crippen LogP contribution >= 0.6 is 22.7 Å². The number of amides is 1. The van der Waals surface area contributed by atoms with Gasteiger partial charge in [0.15, 0.2) is 0 Å². The lowest BCUT2D eigenvalue weighted by atomic mass is 10.3. The highest BCUT2D eigenvalue weighted by Gasteiger charge is 2.10. The number of hydrogen-bond acceptors (Lipinski definition) is 4. The van der Waals surface area contributed by atoms with Crippen LogP contribution in [0, 0.1) is 0 Å². The average molecular weight is 250 g/mol. The molecule has 0 aliphatic rings. The summed E-state index contributed by atoms with van der Waals surface area (Å²) in [4.78, 5) is 15.9. The molecule has 0 aromatic carbocycles. The molecular formula is C11H10N2OS2. The molecule has 0 saturated carbocycles. The van der Waals surface area contributed by atoms with Crippen molar-refractivity contribution in [1.82, 2.24) is 10.3 Å². The van der Waals surface area contributed by atoms with Gasteiger partial charge in [0.25, 0.3) is 5.91 Å². The van der Waals surface area contributed by atoms with Gasteiger partial charge in [-0.05, 0) is 11.4 Å². The molecule has 5 heteroatoms. The summed E-state index contributed by atoms with van der Waals surface area (Å²) >= 11 is 3.10. The molecule has 2 heterocycles. The molecule has 0 fully saturated rings. The molecule has 0 radical (unpaired) electrons. The first kappa shape index (κ1) is 11.0. The van der Waals surface area contributed by atoms with Crippen LogP contribution in [0.5, 0.6) is 0 Å². The van der Waals surface area contributed by atoms with E-state index in [4.69, 9.17) is 0 Å². The van der Waals surface area contributed by atoms with Crippen LogP contribution < -0.4 is 5.32 Å². The molecule has 16 heavy (non-hydrogen) atoms. The average Bonchev–Trinajstić information content (AvgIpc) is 2.94. The number of rotatable bonds is 4. The first-order chi connectivity index (χ1) is 7.81. The molecule has 1 N–H and O–H groups in total. The van der Waals surface area contributed by atoms with Gasteiger partial charge < -0.3 is 5.32 Å². The van der Waals surface area contributed by atoms with Gasteiger partial charge in [0.2, 0.25) is 0 Å². The molecule has 0 unspecified atom stereocenters. The fourth-order valence-electron chi connectivity index (χ4n) is 1.15. The molecule has 0 aliphatic heterocycles. The lowest BCUT2D eigenvalue weighted by Gasteiger charge is -1.96. The Balaban J connectivity index is 2.13. The minimum atomic E-state index is -0.155. The molecule has 2 rings (SSSR count). The number of hydrogen-bond donors (Lipinski definition) is 1. The number of nitrogens with one attached hydrogen (secondary N) is 1. The first-order valence-corrected chi connectivity index (χ1v) is 6.50. The molecule has 82 valence electrons. The highest BCUT2D eigenvalue weighted by molar-refractivity contribution is 7.14. The molecule has 2 aromatic heterocycles. The van der Waals surface area contributed by atoms with Gasteiger partial charge in [-0.15, -0.1) is 17.9 Å². The molecule has 0 bridgehead atoms. The Bertz CT molecular complexity index is 488. The van der Waals surface area contributed by atoms with Gasteiger partial charge in [0.05, 0.1) is 0 Å². The third-order valence-corrected chi connectivity index (χ3v) is 3.49. The fraction of sp³-hybridized carbons (Fsp3) is 0.0909. The molecule has 2 aromatic rings. The second kappa shape index (κ2) is 5.05. The van der Waals surface area contributed by atoms with E-state index in [2.05, 4.69) is 16.9 Å². The van der Waals surface area contributed by atoms with E-state index in [-0.39, 0.29) is 5.91 Å². The lowest BCUT2D eigenvalue weighted by Crippen LogP contribution is -2.23. The number of carbonyl (C=O) groups is 1. The van der Waals surface area contributed by atoms with E-state index in [1.807, 2.05) is 16.8 Å². The van der Waals surface area contributed by atoms with E-state index >= 15 is 0 Å². The predicted octanol–water partition coefficient (Wildman–Crippen LogP) is 2.79. The van der Waals surface area contributed by atoms with Crippen LogP contribution in [0.1, 0.15) is 10.5 Å². The van der Waals surface area contributed by atoms with Crippen LogP contribution in [0.2, 0.25) is 0 Å². The van der Waals surface area contributed by atoms with E-state index < -0.39 is 0 Å². The SMILES string of the molecule is C=CCNC(=O)c1csc(-c2ccsc2)n1. The molecule has 0 saturated heterocycles. The maximum Gasteiger partial charge on any atom is 0.271 e. The highest BCUT2D eigenvalue weighted by atomic mass is 32.1. The Hall–Kier alpha value is -1.46. The van der Waals surface area contributed by atoms with Crippen molar-refractivity contribution in [2.24, 2.45) is 0 Å². The van der Waals surface area contributed by atoms with Gasteiger partial charge in [-0.25, -0.2) is 4.98 Å². The number of carbonyl (C=O) groups excluding carboxylic acids is 1. The van der Waals surface area contributed by atoms with Crippen LogP contribution in [-0.2, 0) is 0 Å². The maximum absolute atomic E-state index is 11.6. The van der Waals surface area contributed by atoms with Crippen molar-refractivity contribution < 1.29 is 4.79 Å². The van der Waals surface area contributed by atoms with Crippen molar-refractivity contribution in [2.45, 2.75) is 0 Å². The zero-order valence-corrected chi connectivity index (χ0v) is 10.1. The van der Waals surface area contributed by atoms with Gasteiger partial charge in [-0.2, -0.15) is 11.3 Å². The standard InChI is InChI=1S/C11H10N2OS2/c1-2-4-12-10(14)9-7-16-11(13-9)8-3-5-15-6-8/h2-3,5-7H,1,4H2,(H,12,14). The number of aromatic nitrogens is 1. The fourth-order valence-corrected chi connectivity index (χ4v) is 2.66. The Labute approximate surface area is 101 Å². The largest absolute Gasteiger partial charge is 0.347 e. The number of thiazole rings is 1. The normalized spacial score (nSPS) is 10.0. The van der Waals surface area contributed by atoms with Crippen molar-refractivity contribution in [3.05, 3.63) is 40.6 Å². The quantitative estimate of drug-likeness (QED) is 0.848. The molecule has 3 nitrogen and oxygen atoms in total. The summed E-state index contributed by atoms with van der Waals surface area (Å²) in [6.45, 7) is 4.00. The van der Waals surface area contributed by atoms with Crippen molar-refractivity contribution >= 4 is 28.6 Å². The molecular weight excluding hydrogens is 240 g/mol. The Kier molecular flexibility index (Phi) is 3.48. The van der Waals surface area contributed by atoms with Gasteiger partial charge in [-0.3, -0.25) is 4.79 Å². The summed E-state index contributed by atoms with van der Waals surface area (Å²) in [5.41, 5.74) is 1.53. The molecule has 0 spiro atoms. The van der Waals surface area contributed by atoms with Gasteiger partial charge >= 0.3 is 0 Å². The monoisotopic (exact) mass is 250 g/mol. The van der Waals surface area contributed by atoms with Crippen molar-refractivity contribution in [1.29, 1.82) is 0 Å². The van der Waals surface area contributed by atoms with Crippen molar-refractivity contribution in [2.75, 3.05) is 6.54 Å². The third-order valence-electron chi connectivity index (χ3n) is 1.91. The summed E-state index contributed by atoms with van der Waals surface area (Å²) in [7, 11) is 0. The van der Waals surface area contributed by atoms with E-state index in [1.165, 1.54) is 11.3 Å². The third kappa shape index (κ3) is 2.37. The molecule has 1 amide bonds. The zero-order chi connectivity index (χ0) is 11.4. The smallest absolute Gasteiger partial charge is 0.271 e. The van der Waals surface area contributed by atoms with E-state index in [0.717, 1.165) is 10.6 Å². The number of thiophene rings is 1. The van der Waals surface area contributed by atoms with Crippen LogP contribution in [0.15, 0.2) is 34.9 Å². The summed E-state index contributed by atoms with van der Waals surface area (Å²) in [5, 5.41) is 9.36. The van der Waals surface area contributed by atoms with Crippen LogP contribution in [0.25, 0.3) is 10.6 Å². The summed E-state index contributed by atoms with van der Waals surface area (Å²) in [5.74, 6) is -0.155. The highest BCUT2D eigenvalue weighted by Crippen LogP contribution is 2.25. The topological polar surface area (TPSA) is 42.0 Å². The second-order valence-corrected chi connectivity index (χ2v) is 4.69. The first-order valence-electron chi connectivity index (χ1n) is 4.68. The van der Waals surface area contributed by atoms with Crippen LogP contribution in [-0.4, -0.2) is 17.4 Å². The van der Waals surface area contributed by atoms with Crippen molar-refractivity contribution in [3.8, 4) is 10.6 Å². The van der Waals surface area contributed by atoms with E-state index in [9.17, 15) is 4.79 Å². The minimum absolute atomic E-state index is 0.155. The van der Waals surface area contributed by atoms with E-state index in [0.29, 0.717) is 12.2 Å². The van der Waals surface area contributed by atoms with Gasteiger partial charge in [0.1, 0.15) is 10.7 Å². The van der Waals surface area contributed by atoms with Gasteiger partial charge in [0, 0.05) is 22.9 Å². The molecule has 0 aliphatic carbocycles. The Morgan fingerprint density at radius 3 is 3.12 bits per heavy atom. The number of nitrogens with zero attached hydrogens (tertiary/aromatic N) is 1. The Morgan fingerprint density at radius 1 is 1.56 bits per heavy atom. The van der Waals surface area contributed by atoms with Crippen LogP contribution in [0.3, 0.4) is 0 Å². The summed E-state index contributed by atoms with van der Waals surface area (Å²) < 4.78 is 0. The van der Waals surface area contributed by atoms with Crippen molar-refractivity contribution in [3.63, 3.8) is 0 Å². The predicted molar refractivity (Wildman–Crippen MR) is 68.0 cm³/mol. The molecule has 0 atom stereocenters. The summed E-state index contributed by atoms with van der Waals surface area (Å²) in [6, 6.07) is 1.99. The Morgan fingerprint density at radius 2 is 2.44 bits per heavy atom. The second-order valence-electron chi connectivity index (χ2n) is 3.05. The van der Waals surface area contributed by atoms with E-state index in [1.54, 1.807) is 22.8 Å². The minimum Gasteiger partial charge on any atom is -0.347 e.